The highest BCUT2D eigenvalue weighted by Crippen LogP contribution is 2.32. The lowest BCUT2D eigenvalue weighted by Gasteiger charge is -2.48. The van der Waals surface area contributed by atoms with E-state index in [1.807, 2.05) is 37.3 Å². The van der Waals surface area contributed by atoms with Gasteiger partial charge in [0.25, 0.3) is 0 Å². The van der Waals surface area contributed by atoms with Gasteiger partial charge in [-0.3, -0.25) is 24.1 Å². The van der Waals surface area contributed by atoms with E-state index in [4.69, 9.17) is 9.47 Å². The predicted molar refractivity (Wildman–Crippen MR) is 112 cm³/mol. The number of fused-ring (bicyclic) bond motifs is 3. The Balaban J connectivity index is 1.59. The minimum Gasteiger partial charge on any atom is -0.444 e. The van der Waals surface area contributed by atoms with E-state index in [-0.39, 0.29) is 43.0 Å². The third-order valence-corrected chi connectivity index (χ3v) is 5.94. The van der Waals surface area contributed by atoms with Crippen molar-refractivity contribution in [3.8, 4) is 0 Å². The standard InChI is InChI=1S/C21H31N5O5/c1-13-7-26-17(10-23(13)20(29)31-21(3,4)5)16(6-22-26)25-9-15-11-30-12-18(19(25)28)24(15)8-14(2)27/h6,13,15,18H,7-12H2,1-5H3/t13-,15?,18?/m0/s1. The molecule has 1 aromatic heterocycles. The molecule has 0 aromatic carbocycles. The Bertz CT molecular complexity index is 891. The number of amides is 2. The molecule has 0 radical (unpaired) electrons. The van der Waals surface area contributed by atoms with E-state index in [2.05, 4.69) is 5.10 Å². The molecule has 0 saturated carbocycles. The monoisotopic (exact) mass is 433 g/mol. The molecule has 2 amide bonds. The quantitative estimate of drug-likeness (QED) is 0.702. The maximum Gasteiger partial charge on any atom is 0.410 e. The summed E-state index contributed by atoms with van der Waals surface area (Å²) in [5.41, 5.74) is 0.943. The molecular formula is C21H31N5O5. The zero-order chi connectivity index (χ0) is 22.5. The minimum atomic E-state index is -0.586. The van der Waals surface area contributed by atoms with Gasteiger partial charge in [0.2, 0.25) is 5.91 Å². The highest BCUT2D eigenvalue weighted by molar-refractivity contribution is 5.99. The lowest BCUT2D eigenvalue weighted by molar-refractivity contribution is -0.142. The fourth-order valence-electron chi connectivity index (χ4n) is 4.50. The molecule has 31 heavy (non-hydrogen) atoms. The lowest BCUT2D eigenvalue weighted by atomic mass is 10.0. The fourth-order valence-corrected chi connectivity index (χ4v) is 4.50. The first-order chi connectivity index (χ1) is 14.5. The molecule has 3 atom stereocenters. The van der Waals surface area contributed by atoms with Gasteiger partial charge in [0, 0.05) is 6.54 Å². The molecular weight excluding hydrogens is 402 g/mol. The van der Waals surface area contributed by atoms with Gasteiger partial charge in [-0.05, 0) is 34.6 Å². The number of aromatic nitrogens is 2. The number of piperazine rings is 1. The van der Waals surface area contributed by atoms with Crippen molar-refractivity contribution in [3.05, 3.63) is 11.9 Å². The molecule has 10 nitrogen and oxygen atoms in total. The van der Waals surface area contributed by atoms with Gasteiger partial charge in [-0.2, -0.15) is 5.10 Å². The van der Waals surface area contributed by atoms with Crippen LogP contribution in [0.3, 0.4) is 0 Å². The van der Waals surface area contributed by atoms with Gasteiger partial charge in [-0.15, -0.1) is 0 Å². The van der Waals surface area contributed by atoms with Crippen LogP contribution in [0.5, 0.6) is 0 Å². The summed E-state index contributed by atoms with van der Waals surface area (Å²) in [6, 6.07) is -0.622. The Morgan fingerprint density at radius 1 is 1.26 bits per heavy atom. The molecule has 2 unspecified atom stereocenters. The van der Waals surface area contributed by atoms with Crippen molar-refractivity contribution < 1.29 is 23.9 Å². The van der Waals surface area contributed by atoms with Crippen LogP contribution in [-0.2, 0) is 32.2 Å². The second kappa shape index (κ2) is 7.90. The number of carbonyl (C=O) groups is 3. The summed E-state index contributed by atoms with van der Waals surface area (Å²) in [5, 5.41) is 4.49. The summed E-state index contributed by atoms with van der Waals surface area (Å²) < 4.78 is 13.1. The predicted octanol–water partition coefficient (Wildman–Crippen LogP) is 1.03. The first-order valence-corrected chi connectivity index (χ1v) is 10.7. The van der Waals surface area contributed by atoms with E-state index in [9.17, 15) is 14.4 Å². The van der Waals surface area contributed by atoms with Crippen molar-refractivity contribution in [2.24, 2.45) is 0 Å². The average molecular weight is 434 g/mol. The van der Waals surface area contributed by atoms with Gasteiger partial charge in [-0.25, -0.2) is 4.79 Å². The number of ether oxygens (including phenoxy) is 2. The topological polar surface area (TPSA) is 97.2 Å². The van der Waals surface area contributed by atoms with E-state index in [0.717, 1.165) is 5.69 Å². The molecule has 3 aliphatic rings. The molecule has 170 valence electrons. The second-order valence-corrected chi connectivity index (χ2v) is 9.65. The largest absolute Gasteiger partial charge is 0.444 e. The highest BCUT2D eigenvalue weighted by atomic mass is 16.6. The first-order valence-electron chi connectivity index (χ1n) is 10.7. The van der Waals surface area contributed by atoms with E-state index < -0.39 is 11.6 Å². The summed E-state index contributed by atoms with van der Waals surface area (Å²) in [6.07, 6.45) is 1.33. The number of rotatable bonds is 3. The van der Waals surface area contributed by atoms with Gasteiger partial charge in [0.15, 0.2) is 0 Å². The minimum absolute atomic E-state index is 0.0306. The number of nitrogens with zero attached hydrogens (tertiary/aromatic N) is 5. The average Bonchev–Trinajstić information content (AvgIpc) is 3.05. The van der Waals surface area contributed by atoms with Crippen molar-refractivity contribution in [1.82, 2.24) is 19.6 Å². The fraction of sp³-hybridized carbons (Fsp3) is 0.714. The van der Waals surface area contributed by atoms with Crippen LogP contribution in [0.15, 0.2) is 6.20 Å². The van der Waals surface area contributed by atoms with Crippen molar-refractivity contribution in [2.45, 2.75) is 71.4 Å². The molecule has 0 spiro atoms. The smallest absolute Gasteiger partial charge is 0.410 e. The van der Waals surface area contributed by atoms with E-state index in [1.54, 1.807) is 16.0 Å². The summed E-state index contributed by atoms with van der Waals surface area (Å²) >= 11 is 0. The Morgan fingerprint density at radius 3 is 2.68 bits per heavy atom. The van der Waals surface area contributed by atoms with E-state index >= 15 is 0 Å². The number of anilines is 1. The lowest BCUT2D eigenvalue weighted by Crippen LogP contribution is -2.68. The molecule has 2 saturated heterocycles. The van der Waals surface area contributed by atoms with Gasteiger partial charge >= 0.3 is 6.09 Å². The highest BCUT2D eigenvalue weighted by Gasteiger charge is 2.46. The maximum absolute atomic E-state index is 13.3. The van der Waals surface area contributed by atoms with Crippen molar-refractivity contribution in [2.75, 3.05) is 31.2 Å². The van der Waals surface area contributed by atoms with Crippen molar-refractivity contribution in [3.63, 3.8) is 0 Å². The first kappa shape index (κ1) is 21.8. The number of hydrogen-bond donors (Lipinski definition) is 0. The Morgan fingerprint density at radius 2 is 2.00 bits per heavy atom. The summed E-state index contributed by atoms with van der Waals surface area (Å²) in [5.74, 6) is -0.0708. The normalized spacial score (nSPS) is 26.6. The number of ketones is 1. The number of carbonyl (C=O) groups excluding carboxylic acids is 3. The Labute approximate surface area is 182 Å². The Kier molecular flexibility index (Phi) is 5.55. The van der Waals surface area contributed by atoms with E-state index in [1.165, 1.54) is 6.92 Å². The van der Waals surface area contributed by atoms with Crippen molar-refractivity contribution >= 4 is 23.5 Å². The second-order valence-electron chi connectivity index (χ2n) is 9.65. The number of Topliss-reactive ketones (excluding diaryl/α,β-unsaturated/α-hetero) is 1. The third kappa shape index (κ3) is 4.18. The van der Waals surface area contributed by atoms with Crippen LogP contribution in [0.4, 0.5) is 10.5 Å². The van der Waals surface area contributed by atoms with Gasteiger partial charge in [0.05, 0.1) is 62.5 Å². The van der Waals surface area contributed by atoms with Crippen LogP contribution >= 0.6 is 0 Å². The van der Waals surface area contributed by atoms with Crippen LogP contribution in [0.2, 0.25) is 0 Å². The molecule has 2 fully saturated rings. The zero-order valence-electron chi connectivity index (χ0n) is 18.8. The summed E-state index contributed by atoms with van der Waals surface area (Å²) in [7, 11) is 0. The van der Waals surface area contributed by atoms with Crippen LogP contribution in [0.25, 0.3) is 0 Å². The molecule has 4 heterocycles. The van der Waals surface area contributed by atoms with Crippen LogP contribution in [0.1, 0.15) is 40.3 Å². The summed E-state index contributed by atoms with van der Waals surface area (Å²) in [4.78, 5) is 43.2. The SMILES string of the molecule is CC(=O)CN1C2COCC1C(=O)N(c1cnn3c1CN(C(=O)OC(C)(C)C)[C@@H](C)C3)C2. The van der Waals surface area contributed by atoms with Gasteiger partial charge < -0.3 is 14.4 Å². The number of morpholine rings is 1. The molecule has 4 rings (SSSR count). The molecule has 2 bridgehead atoms. The van der Waals surface area contributed by atoms with Gasteiger partial charge in [0.1, 0.15) is 17.4 Å². The molecule has 0 aliphatic carbocycles. The Hall–Kier alpha value is -2.46. The number of hydrogen-bond acceptors (Lipinski definition) is 7. The van der Waals surface area contributed by atoms with Crippen LogP contribution < -0.4 is 4.90 Å². The van der Waals surface area contributed by atoms with Gasteiger partial charge in [-0.1, -0.05) is 0 Å². The zero-order valence-corrected chi connectivity index (χ0v) is 18.8. The van der Waals surface area contributed by atoms with Crippen LogP contribution in [0, 0.1) is 0 Å². The molecule has 10 heteroatoms. The maximum atomic E-state index is 13.3. The third-order valence-electron chi connectivity index (χ3n) is 5.94. The van der Waals surface area contributed by atoms with E-state index in [0.29, 0.717) is 31.9 Å². The molecule has 3 aliphatic heterocycles. The molecule has 0 N–H and O–H groups in total. The van der Waals surface area contributed by atoms with Crippen LogP contribution in [-0.4, -0.2) is 87.4 Å². The summed E-state index contributed by atoms with van der Waals surface area (Å²) in [6.45, 7) is 11.3. The molecule has 1 aromatic rings. The van der Waals surface area contributed by atoms with Crippen molar-refractivity contribution in [1.29, 1.82) is 0 Å².